The van der Waals surface area contributed by atoms with Crippen molar-refractivity contribution in [3.8, 4) is 0 Å². The van der Waals surface area contributed by atoms with Crippen molar-refractivity contribution >= 4 is 11.0 Å². The predicted octanol–water partition coefficient (Wildman–Crippen LogP) is 3.40. The van der Waals surface area contributed by atoms with E-state index in [1.807, 2.05) is 6.08 Å². The largest absolute Gasteiger partial charge is 0.416 e. The molecular weight excluding hydrogens is 327 g/mol. The van der Waals surface area contributed by atoms with Gasteiger partial charge in [-0.15, -0.1) is 0 Å². The van der Waals surface area contributed by atoms with Crippen molar-refractivity contribution in [2.24, 2.45) is 0 Å². The van der Waals surface area contributed by atoms with Crippen LogP contribution in [-0.4, -0.2) is 26.8 Å². The van der Waals surface area contributed by atoms with Crippen molar-refractivity contribution in [3.05, 3.63) is 46.4 Å². The number of aliphatic hydroxyl groups is 1. The number of allylic oxidation sites excluding steroid dienone is 1. The maximum absolute atomic E-state index is 12.7. The number of hydrogen-bond acceptors (Lipinski definition) is 2. The average molecular weight is 347 g/mol. The molecule has 1 atom stereocenters. The van der Waals surface area contributed by atoms with Gasteiger partial charge in [0.15, 0.2) is 0 Å². The Morgan fingerprint density at radius 3 is 2.74 bits per heavy atom. The third kappa shape index (κ3) is 5.16. The van der Waals surface area contributed by atoms with Crippen molar-refractivity contribution in [3.63, 3.8) is 0 Å². The van der Waals surface area contributed by atoms with Crippen molar-refractivity contribution in [1.82, 2.24) is 4.31 Å². The fourth-order valence-corrected chi connectivity index (χ4v) is 3.48. The van der Waals surface area contributed by atoms with Gasteiger partial charge in [0, 0.05) is 25.1 Å². The topological polar surface area (TPSA) is 40.5 Å². The summed E-state index contributed by atoms with van der Waals surface area (Å²) in [5.74, 6) is 0. The molecule has 0 saturated heterocycles. The van der Waals surface area contributed by atoms with Gasteiger partial charge in [-0.2, -0.15) is 13.2 Å². The number of unbranched alkanes of at least 4 members (excludes halogenated alkanes) is 2. The second-order valence-corrected chi connectivity index (χ2v) is 6.80. The molecule has 2 rings (SSSR count). The highest BCUT2D eigenvalue weighted by Gasteiger charge is 2.31. The molecule has 1 unspecified atom stereocenters. The van der Waals surface area contributed by atoms with Gasteiger partial charge in [-0.1, -0.05) is 12.1 Å². The van der Waals surface area contributed by atoms with Crippen LogP contribution >= 0.6 is 0 Å². The van der Waals surface area contributed by atoms with Gasteiger partial charge in [-0.05, 0) is 48.9 Å². The number of rotatable bonds is 6. The number of benzene rings is 1. The van der Waals surface area contributed by atoms with Crippen LogP contribution in [0.15, 0.2) is 29.7 Å². The molecule has 1 aromatic carbocycles. The molecule has 1 heterocycles. The molecule has 0 spiro atoms. The average Bonchev–Trinajstić information content (AvgIpc) is 2.52. The van der Waals surface area contributed by atoms with E-state index in [4.69, 9.17) is 5.11 Å². The van der Waals surface area contributed by atoms with Crippen LogP contribution in [0.3, 0.4) is 0 Å². The second-order valence-electron chi connectivity index (χ2n) is 5.46. The van der Waals surface area contributed by atoms with Crippen molar-refractivity contribution < 1.29 is 22.5 Å². The van der Waals surface area contributed by atoms with Crippen molar-refractivity contribution in [2.45, 2.75) is 38.4 Å². The minimum atomic E-state index is -4.33. The van der Waals surface area contributed by atoms with Crippen LogP contribution in [0.25, 0.3) is 0 Å². The molecule has 1 N–H and O–H groups in total. The lowest BCUT2D eigenvalue weighted by molar-refractivity contribution is -0.137. The molecule has 7 heteroatoms. The summed E-state index contributed by atoms with van der Waals surface area (Å²) in [6.45, 7) is 1.02. The number of aliphatic hydroxyl groups excluding tert-OH is 1. The SMILES string of the molecule is O=S(/C=C/CCCCO)N1CCc2cc(C(F)(F)F)ccc2C1. The lowest BCUT2D eigenvalue weighted by Crippen LogP contribution is -2.31. The molecule has 0 radical (unpaired) electrons. The zero-order valence-corrected chi connectivity index (χ0v) is 13.5. The van der Waals surface area contributed by atoms with E-state index in [9.17, 15) is 17.4 Å². The van der Waals surface area contributed by atoms with Gasteiger partial charge in [0.05, 0.1) is 5.56 Å². The number of hydrogen-bond donors (Lipinski definition) is 1. The molecule has 0 saturated carbocycles. The smallest absolute Gasteiger partial charge is 0.396 e. The van der Waals surface area contributed by atoms with Crippen LogP contribution in [-0.2, 0) is 30.1 Å². The molecule has 1 aliphatic rings. The first-order chi connectivity index (χ1) is 10.9. The van der Waals surface area contributed by atoms with Crippen molar-refractivity contribution in [1.29, 1.82) is 0 Å². The highest BCUT2D eigenvalue weighted by atomic mass is 32.2. The Bertz CT molecular complexity index is 587. The zero-order valence-electron chi connectivity index (χ0n) is 12.7. The summed E-state index contributed by atoms with van der Waals surface area (Å²) < 4.78 is 52.1. The lowest BCUT2D eigenvalue weighted by atomic mass is 9.98. The third-order valence-electron chi connectivity index (χ3n) is 3.76. The van der Waals surface area contributed by atoms with E-state index in [2.05, 4.69) is 0 Å². The van der Waals surface area contributed by atoms with E-state index >= 15 is 0 Å². The first-order valence-electron chi connectivity index (χ1n) is 7.54. The highest BCUT2D eigenvalue weighted by molar-refractivity contribution is 7.85. The first kappa shape index (κ1) is 18.2. The van der Waals surface area contributed by atoms with Crippen LogP contribution in [0.2, 0.25) is 0 Å². The molecule has 0 bridgehead atoms. The van der Waals surface area contributed by atoms with Gasteiger partial charge < -0.3 is 5.11 Å². The fraction of sp³-hybridized carbons (Fsp3) is 0.500. The summed E-state index contributed by atoms with van der Waals surface area (Å²) in [5.41, 5.74) is 0.848. The highest BCUT2D eigenvalue weighted by Crippen LogP contribution is 2.32. The predicted molar refractivity (Wildman–Crippen MR) is 83.8 cm³/mol. The summed E-state index contributed by atoms with van der Waals surface area (Å²) in [4.78, 5) is 0. The number of alkyl halides is 3. The minimum absolute atomic E-state index is 0.153. The Labute approximate surface area is 136 Å². The van der Waals surface area contributed by atoms with Gasteiger partial charge >= 0.3 is 6.18 Å². The minimum Gasteiger partial charge on any atom is -0.396 e. The molecule has 128 valence electrons. The van der Waals surface area contributed by atoms with E-state index < -0.39 is 22.7 Å². The summed E-state index contributed by atoms with van der Waals surface area (Å²) in [7, 11) is -1.27. The Kier molecular flexibility index (Phi) is 6.38. The summed E-state index contributed by atoms with van der Waals surface area (Å²) in [6, 6.07) is 3.75. The fourth-order valence-electron chi connectivity index (χ4n) is 2.47. The monoisotopic (exact) mass is 347 g/mol. The maximum atomic E-state index is 12.7. The molecule has 3 nitrogen and oxygen atoms in total. The summed E-state index contributed by atoms with van der Waals surface area (Å²) in [5, 5.41) is 10.3. The molecule has 0 aromatic heterocycles. The molecule has 0 fully saturated rings. The Hall–Kier alpha value is -1.18. The van der Waals surface area contributed by atoms with Gasteiger partial charge in [0.25, 0.3) is 0 Å². The molecule has 1 aliphatic heterocycles. The van der Waals surface area contributed by atoms with Crippen LogP contribution in [0, 0.1) is 0 Å². The van der Waals surface area contributed by atoms with E-state index in [1.165, 1.54) is 12.1 Å². The van der Waals surface area contributed by atoms with E-state index in [0.29, 0.717) is 25.1 Å². The van der Waals surface area contributed by atoms with E-state index in [1.54, 1.807) is 9.71 Å². The third-order valence-corrected chi connectivity index (χ3v) is 5.00. The molecule has 23 heavy (non-hydrogen) atoms. The van der Waals surface area contributed by atoms with Gasteiger partial charge in [-0.25, -0.2) is 8.51 Å². The first-order valence-corrected chi connectivity index (χ1v) is 8.71. The summed E-state index contributed by atoms with van der Waals surface area (Å²) >= 11 is 0. The standard InChI is InChI=1S/C16H20F3NO2S/c17-16(18,19)15-6-5-14-12-20(8-7-13(14)11-15)23(22)10-4-2-1-3-9-21/h4-6,10-11,21H,1-3,7-9,12H2/b10-4+. The number of fused-ring (bicyclic) bond motifs is 1. The van der Waals surface area contributed by atoms with Gasteiger partial charge in [0.1, 0.15) is 11.0 Å². The van der Waals surface area contributed by atoms with Crippen LogP contribution in [0.5, 0.6) is 0 Å². The van der Waals surface area contributed by atoms with Gasteiger partial charge in [-0.3, -0.25) is 0 Å². The number of halogens is 3. The number of nitrogens with zero attached hydrogens (tertiary/aromatic N) is 1. The second kappa shape index (κ2) is 8.08. The van der Waals surface area contributed by atoms with Crippen LogP contribution < -0.4 is 0 Å². The van der Waals surface area contributed by atoms with Crippen LogP contribution in [0.4, 0.5) is 13.2 Å². The summed E-state index contributed by atoms with van der Waals surface area (Å²) in [6.07, 6.45) is 0.276. The lowest BCUT2D eigenvalue weighted by Gasteiger charge is -2.27. The quantitative estimate of drug-likeness (QED) is 0.801. The normalized spacial score (nSPS) is 17.4. The molecule has 0 amide bonds. The molecule has 0 aliphatic carbocycles. The molecular formula is C16H20F3NO2S. The van der Waals surface area contributed by atoms with Crippen molar-refractivity contribution in [2.75, 3.05) is 13.2 Å². The van der Waals surface area contributed by atoms with E-state index in [-0.39, 0.29) is 6.61 Å². The van der Waals surface area contributed by atoms with Gasteiger partial charge in [0.2, 0.25) is 0 Å². The van der Waals surface area contributed by atoms with Crippen LogP contribution in [0.1, 0.15) is 36.0 Å². The maximum Gasteiger partial charge on any atom is 0.416 e. The Morgan fingerprint density at radius 2 is 2.04 bits per heavy atom. The Morgan fingerprint density at radius 1 is 1.26 bits per heavy atom. The van der Waals surface area contributed by atoms with E-state index in [0.717, 1.165) is 30.9 Å². The zero-order chi connectivity index (χ0) is 16.9. The molecule has 1 aromatic rings. The Balaban J connectivity index is 1.96.